The van der Waals surface area contributed by atoms with E-state index in [2.05, 4.69) is 21.6 Å². The number of carbonyl (C=O) groups excluding carboxylic acids is 1. The zero-order valence-corrected chi connectivity index (χ0v) is 19.1. The fourth-order valence-electron chi connectivity index (χ4n) is 2.94. The maximum Gasteiger partial charge on any atom is 0.234 e. The standard InChI is InChI=1S/C22H25ClN4O2S/c1-5-27-20(12-29-19-10-14(2)6-7-15(19)3)25-26-22(27)30-13-21(28)24-18-9-8-17(23)11-16(18)4/h6-11H,5,12-13H2,1-4H3,(H,24,28). The van der Waals surface area contributed by atoms with Gasteiger partial charge in [-0.2, -0.15) is 0 Å². The molecule has 0 bridgehead atoms. The summed E-state index contributed by atoms with van der Waals surface area (Å²) < 4.78 is 7.93. The highest BCUT2D eigenvalue weighted by Crippen LogP contribution is 2.23. The van der Waals surface area contributed by atoms with E-state index in [1.54, 1.807) is 12.1 Å². The van der Waals surface area contributed by atoms with Gasteiger partial charge in [-0.05, 0) is 68.7 Å². The lowest BCUT2D eigenvalue weighted by Crippen LogP contribution is -2.15. The summed E-state index contributed by atoms with van der Waals surface area (Å²) in [5, 5.41) is 12.8. The second-order valence-electron chi connectivity index (χ2n) is 7.00. The Morgan fingerprint density at radius 2 is 1.93 bits per heavy atom. The van der Waals surface area contributed by atoms with Crippen molar-refractivity contribution in [3.8, 4) is 5.75 Å². The lowest BCUT2D eigenvalue weighted by Gasteiger charge is -2.11. The third kappa shape index (κ3) is 5.55. The SMILES string of the molecule is CCn1c(COc2cc(C)ccc2C)nnc1SCC(=O)Nc1ccc(Cl)cc1C. The molecule has 0 unspecified atom stereocenters. The van der Waals surface area contributed by atoms with E-state index in [-0.39, 0.29) is 11.7 Å². The number of anilines is 1. The van der Waals surface area contributed by atoms with Crippen molar-refractivity contribution in [3.63, 3.8) is 0 Å². The lowest BCUT2D eigenvalue weighted by molar-refractivity contribution is -0.113. The molecule has 0 saturated heterocycles. The van der Waals surface area contributed by atoms with Crippen molar-refractivity contribution >= 4 is 35.0 Å². The molecule has 1 N–H and O–H groups in total. The number of halogens is 1. The highest BCUT2D eigenvalue weighted by atomic mass is 35.5. The van der Waals surface area contributed by atoms with Gasteiger partial charge in [0, 0.05) is 17.3 Å². The zero-order chi connectivity index (χ0) is 21.7. The van der Waals surface area contributed by atoms with Crippen molar-refractivity contribution in [2.45, 2.75) is 46.0 Å². The Labute approximate surface area is 186 Å². The molecule has 0 saturated carbocycles. The molecule has 0 atom stereocenters. The number of ether oxygens (including phenoxy) is 1. The molecular weight excluding hydrogens is 420 g/mol. The van der Waals surface area contributed by atoms with Crippen LogP contribution in [0.25, 0.3) is 0 Å². The first-order valence-corrected chi connectivity index (χ1v) is 11.0. The molecule has 3 rings (SSSR count). The Kier molecular flexibility index (Phi) is 7.39. The van der Waals surface area contributed by atoms with E-state index in [9.17, 15) is 4.79 Å². The predicted octanol–water partition coefficient (Wildman–Crippen LogP) is 5.19. The quantitative estimate of drug-likeness (QED) is 0.484. The largest absolute Gasteiger partial charge is 0.485 e. The van der Waals surface area contributed by atoms with E-state index in [1.807, 2.05) is 50.5 Å². The van der Waals surface area contributed by atoms with Gasteiger partial charge in [-0.1, -0.05) is 35.5 Å². The Balaban J connectivity index is 1.61. The highest BCUT2D eigenvalue weighted by molar-refractivity contribution is 7.99. The third-order valence-corrected chi connectivity index (χ3v) is 5.81. The minimum absolute atomic E-state index is 0.107. The maximum atomic E-state index is 12.4. The molecule has 0 spiro atoms. The summed E-state index contributed by atoms with van der Waals surface area (Å²) in [6, 6.07) is 11.5. The second-order valence-corrected chi connectivity index (χ2v) is 8.38. The summed E-state index contributed by atoms with van der Waals surface area (Å²) in [5.74, 6) is 1.70. The van der Waals surface area contributed by atoms with Gasteiger partial charge >= 0.3 is 0 Å². The molecular formula is C22H25ClN4O2S. The molecule has 8 heteroatoms. The van der Waals surface area contributed by atoms with Gasteiger partial charge in [0.15, 0.2) is 11.0 Å². The molecule has 0 aliphatic rings. The van der Waals surface area contributed by atoms with Gasteiger partial charge in [0.05, 0.1) is 5.75 Å². The lowest BCUT2D eigenvalue weighted by atomic mass is 10.1. The first-order valence-electron chi connectivity index (χ1n) is 9.68. The fourth-order valence-corrected chi connectivity index (χ4v) is 3.99. The molecule has 3 aromatic rings. The molecule has 2 aromatic carbocycles. The predicted molar refractivity (Wildman–Crippen MR) is 121 cm³/mol. The van der Waals surface area contributed by atoms with E-state index in [0.29, 0.717) is 23.3 Å². The van der Waals surface area contributed by atoms with Crippen LogP contribution in [0.2, 0.25) is 5.02 Å². The van der Waals surface area contributed by atoms with Crippen LogP contribution in [-0.4, -0.2) is 26.4 Å². The fraction of sp³-hybridized carbons (Fsp3) is 0.318. The van der Waals surface area contributed by atoms with Crippen LogP contribution in [0, 0.1) is 20.8 Å². The summed E-state index contributed by atoms with van der Waals surface area (Å²) in [4.78, 5) is 12.4. The van der Waals surface area contributed by atoms with Crippen molar-refractivity contribution in [2.75, 3.05) is 11.1 Å². The molecule has 0 aliphatic heterocycles. The number of carbonyl (C=O) groups is 1. The van der Waals surface area contributed by atoms with Crippen molar-refractivity contribution in [2.24, 2.45) is 0 Å². The van der Waals surface area contributed by atoms with Gasteiger partial charge < -0.3 is 14.6 Å². The number of hydrogen-bond acceptors (Lipinski definition) is 5. The van der Waals surface area contributed by atoms with Gasteiger partial charge in [-0.15, -0.1) is 10.2 Å². The Morgan fingerprint density at radius 1 is 1.13 bits per heavy atom. The van der Waals surface area contributed by atoms with Crippen LogP contribution in [-0.2, 0) is 17.9 Å². The molecule has 6 nitrogen and oxygen atoms in total. The van der Waals surface area contributed by atoms with Crippen LogP contribution >= 0.6 is 23.4 Å². The average Bonchev–Trinajstić information content (AvgIpc) is 3.11. The number of benzene rings is 2. The molecule has 1 heterocycles. The summed E-state index contributed by atoms with van der Waals surface area (Å²) in [5.41, 5.74) is 3.89. The maximum absolute atomic E-state index is 12.4. The third-order valence-electron chi connectivity index (χ3n) is 4.61. The van der Waals surface area contributed by atoms with E-state index in [4.69, 9.17) is 16.3 Å². The van der Waals surface area contributed by atoms with Crippen molar-refractivity contribution < 1.29 is 9.53 Å². The zero-order valence-electron chi connectivity index (χ0n) is 17.5. The number of thioether (sulfide) groups is 1. The van der Waals surface area contributed by atoms with Crippen LogP contribution in [0.4, 0.5) is 5.69 Å². The van der Waals surface area contributed by atoms with Crippen LogP contribution in [0.5, 0.6) is 5.75 Å². The first kappa shape index (κ1) is 22.2. The number of amides is 1. The Morgan fingerprint density at radius 3 is 2.67 bits per heavy atom. The monoisotopic (exact) mass is 444 g/mol. The van der Waals surface area contributed by atoms with Crippen LogP contribution in [0.1, 0.15) is 29.4 Å². The number of hydrogen-bond donors (Lipinski definition) is 1. The Bertz CT molecular complexity index is 1050. The van der Waals surface area contributed by atoms with Gasteiger partial charge in [0.2, 0.25) is 5.91 Å². The van der Waals surface area contributed by atoms with Crippen molar-refractivity contribution in [1.29, 1.82) is 0 Å². The molecule has 30 heavy (non-hydrogen) atoms. The number of nitrogens with one attached hydrogen (secondary N) is 1. The molecule has 0 aliphatic carbocycles. The van der Waals surface area contributed by atoms with Gasteiger partial charge in [0.25, 0.3) is 0 Å². The number of aryl methyl sites for hydroxylation is 3. The molecule has 0 fully saturated rings. The normalized spacial score (nSPS) is 10.8. The number of rotatable bonds is 8. The van der Waals surface area contributed by atoms with Crippen LogP contribution < -0.4 is 10.1 Å². The van der Waals surface area contributed by atoms with E-state index < -0.39 is 0 Å². The highest BCUT2D eigenvalue weighted by Gasteiger charge is 2.15. The molecule has 1 aromatic heterocycles. The average molecular weight is 445 g/mol. The molecule has 0 radical (unpaired) electrons. The van der Waals surface area contributed by atoms with Gasteiger partial charge in [-0.25, -0.2) is 0 Å². The summed E-state index contributed by atoms with van der Waals surface area (Å²) in [7, 11) is 0. The number of aromatic nitrogens is 3. The van der Waals surface area contributed by atoms with Crippen LogP contribution in [0.3, 0.4) is 0 Å². The van der Waals surface area contributed by atoms with E-state index in [1.165, 1.54) is 11.8 Å². The van der Waals surface area contributed by atoms with Gasteiger partial charge in [-0.3, -0.25) is 4.79 Å². The van der Waals surface area contributed by atoms with E-state index in [0.717, 1.165) is 34.0 Å². The molecule has 1 amide bonds. The van der Waals surface area contributed by atoms with Crippen molar-refractivity contribution in [1.82, 2.24) is 14.8 Å². The Hall–Kier alpha value is -2.51. The summed E-state index contributed by atoms with van der Waals surface area (Å²) in [6.45, 7) is 8.99. The van der Waals surface area contributed by atoms with E-state index >= 15 is 0 Å². The minimum Gasteiger partial charge on any atom is -0.485 e. The first-order chi connectivity index (χ1) is 14.4. The van der Waals surface area contributed by atoms with Crippen LogP contribution in [0.15, 0.2) is 41.6 Å². The number of nitrogens with zero attached hydrogens (tertiary/aromatic N) is 3. The summed E-state index contributed by atoms with van der Waals surface area (Å²) in [6.07, 6.45) is 0. The van der Waals surface area contributed by atoms with Crippen molar-refractivity contribution in [3.05, 3.63) is 63.9 Å². The summed E-state index contributed by atoms with van der Waals surface area (Å²) >= 11 is 7.32. The smallest absolute Gasteiger partial charge is 0.234 e. The molecule has 158 valence electrons. The minimum atomic E-state index is -0.107. The van der Waals surface area contributed by atoms with Gasteiger partial charge in [0.1, 0.15) is 12.4 Å². The second kappa shape index (κ2) is 10.00. The topological polar surface area (TPSA) is 69.0 Å².